The van der Waals surface area contributed by atoms with Gasteiger partial charge in [-0.05, 0) is 12.5 Å². The predicted octanol–water partition coefficient (Wildman–Crippen LogP) is 0.963. The summed E-state index contributed by atoms with van der Waals surface area (Å²) in [7, 11) is 0. The first-order valence-corrected chi connectivity index (χ1v) is 7.55. The van der Waals surface area contributed by atoms with Crippen LogP contribution in [0.2, 0.25) is 0 Å². The molecule has 5 heteroatoms. The summed E-state index contributed by atoms with van der Waals surface area (Å²) in [5, 5.41) is 3.21. The van der Waals surface area contributed by atoms with Crippen LogP contribution in [0.4, 0.5) is 0 Å². The van der Waals surface area contributed by atoms with Crippen molar-refractivity contribution in [2.75, 3.05) is 32.8 Å². The maximum absolute atomic E-state index is 12.6. The van der Waals surface area contributed by atoms with Crippen LogP contribution in [0.5, 0.6) is 0 Å². The van der Waals surface area contributed by atoms with Crippen molar-refractivity contribution in [3.8, 4) is 0 Å². The Morgan fingerprint density at radius 2 is 2.10 bits per heavy atom. The minimum absolute atomic E-state index is 0.0319. The summed E-state index contributed by atoms with van der Waals surface area (Å²) >= 11 is 0. The van der Waals surface area contributed by atoms with Crippen molar-refractivity contribution in [2.45, 2.75) is 25.2 Å². The number of benzene rings is 1. The molecule has 1 amide bonds. The summed E-state index contributed by atoms with van der Waals surface area (Å²) in [5.74, 6) is 0.0679. The van der Waals surface area contributed by atoms with E-state index in [1.165, 1.54) is 0 Å². The molecule has 0 aliphatic carbocycles. The highest BCUT2D eigenvalue weighted by Crippen LogP contribution is 2.25. The monoisotopic (exact) mass is 290 g/mol. The minimum atomic E-state index is -0.361. The van der Waals surface area contributed by atoms with E-state index in [1.54, 1.807) is 0 Å². The molecule has 0 radical (unpaired) electrons. The average molecular weight is 290 g/mol. The lowest BCUT2D eigenvalue weighted by Crippen LogP contribution is -2.54. The molecule has 5 nitrogen and oxygen atoms in total. The highest BCUT2D eigenvalue weighted by atomic mass is 16.5. The SMILES string of the molecule is C[C@@H]1CN(C(=O)[C@H]2CNCCO2)C[C@@H](c2ccccc2)O1. The zero-order valence-electron chi connectivity index (χ0n) is 12.3. The van der Waals surface area contributed by atoms with Gasteiger partial charge < -0.3 is 19.7 Å². The molecule has 1 N–H and O–H groups in total. The number of ether oxygens (including phenoxy) is 2. The number of nitrogens with one attached hydrogen (secondary N) is 1. The first kappa shape index (κ1) is 14.5. The first-order valence-electron chi connectivity index (χ1n) is 7.55. The molecule has 2 aliphatic rings. The molecule has 3 atom stereocenters. The maximum atomic E-state index is 12.6. The summed E-state index contributed by atoms with van der Waals surface area (Å²) in [6.45, 7) is 5.24. The number of rotatable bonds is 2. The lowest BCUT2D eigenvalue weighted by molar-refractivity contribution is -0.157. The summed E-state index contributed by atoms with van der Waals surface area (Å²) in [4.78, 5) is 14.5. The summed E-state index contributed by atoms with van der Waals surface area (Å²) < 4.78 is 11.6. The van der Waals surface area contributed by atoms with Crippen molar-refractivity contribution >= 4 is 5.91 Å². The fourth-order valence-electron chi connectivity index (χ4n) is 2.91. The third-order valence-electron chi connectivity index (χ3n) is 3.95. The van der Waals surface area contributed by atoms with E-state index >= 15 is 0 Å². The summed E-state index contributed by atoms with van der Waals surface area (Å²) in [5.41, 5.74) is 1.12. The molecule has 2 fully saturated rings. The molecule has 0 aromatic heterocycles. The second kappa shape index (κ2) is 6.56. The third kappa shape index (κ3) is 3.43. The molecule has 0 spiro atoms. The molecule has 2 heterocycles. The van der Waals surface area contributed by atoms with Crippen LogP contribution in [0.1, 0.15) is 18.6 Å². The molecule has 2 aliphatic heterocycles. The predicted molar refractivity (Wildman–Crippen MR) is 78.9 cm³/mol. The largest absolute Gasteiger partial charge is 0.367 e. The Kier molecular flexibility index (Phi) is 4.53. The van der Waals surface area contributed by atoms with Crippen molar-refractivity contribution in [3.05, 3.63) is 35.9 Å². The second-order valence-electron chi connectivity index (χ2n) is 5.65. The van der Waals surface area contributed by atoms with Gasteiger partial charge in [0.15, 0.2) is 0 Å². The zero-order chi connectivity index (χ0) is 14.7. The van der Waals surface area contributed by atoms with Crippen LogP contribution in [0.25, 0.3) is 0 Å². The van der Waals surface area contributed by atoms with Crippen LogP contribution >= 0.6 is 0 Å². The molecular weight excluding hydrogens is 268 g/mol. The van der Waals surface area contributed by atoms with Gasteiger partial charge in [-0.25, -0.2) is 0 Å². The van der Waals surface area contributed by atoms with Crippen molar-refractivity contribution in [3.63, 3.8) is 0 Å². The van der Waals surface area contributed by atoms with Gasteiger partial charge in [0.05, 0.1) is 19.3 Å². The maximum Gasteiger partial charge on any atom is 0.253 e. The van der Waals surface area contributed by atoms with E-state index in [0.717, 1.165) is 12.1 Å². The van der Waals surface area contributed by atoms with E-state index in [9.17, 15) is 4.79 Å². The summed E-state index contributed by atoms with van der Waals surface area (Å²) in [6, 6.07) is 10.1. The van der Waals surface area contributed by atoms with Crippen molar-refractivity contribution in [1.82, 2.24) is 10.2 Å². The van der Waals surface area contributed by atoms with Crippen molar-refractivity contribution < 1.29 is 14.3 Å². The quantitative estimate of drug-likeness (QED) is 0.881. The van der Waals surface area contributed by atoms with Gasteiger partial charge >= 0.3 is 0 Å². The smallest absolute Gasteiger partial charge is 0.253 e. The van der Waals surface area contributed by atoms with E-state index in [0.29, 0.717) is 26.2 Å². The van der Waals surface area contributed by atoms with Gasteiger partial charge in [0, 0.05) is 19.6 Å². The average Bonchev–Trinajstić information content (AvgIpc) is 2.55. The number of morpholine rings is 2. The van der Waals surface area contributed by atoms with E-state index in [2.05, 4.69) is 5.32 Å². The number of hydrogen-bond donors (Lipinski definition) is 1. The molecule has 0 unspecified atom stereocenters. The Balaban J connectivity index is 1.69. The van der Waals surface area contributed by atoms with Gasteiger partial charge in [0.25, 0.3) is 5.91 Å². The van der Waals surface area contributed by atoms with E-state index in [-0.39, 0.29) is 24.2 Å². The second-order valence-corrected chi connectivity index (χ2v) is 5.65. The van der Waals surface area contributed by atoms with E-state index in [1.807, 2.05) is 42.2 Å². The van der Waals surface area contributed by atoms with Crippen LogP contribution in [-0.4, -0.2) is 55.8 Å². The van der Waals surface area contributed by atoms with Crippen molar-refractivity contribution in [2.24, 2.45) is 0 Å². The van der Waals surface area contributed by atoms with Gasteiger partial charge in [-0.2, -0.15) is 0 Å². The first-order chi connectivity index (χ1) is 10.2. The summed E-state index contributed by atoms with van der Waals surface area (Å²) in [6.07, 6.45) is -0.389. The molecule has 21 heavy (non-hydrogen) atoms. The standard InChI is InChI=1S/C16H22N2O3/c1-12-10-18(16(19)14-9-17-7-8-20-14)11-15(21-12)13-5-3-2-4-6-13/h2-6,12,14-15,17H,7-11H2,1H3/t12-,14-,15+/m1/s1. The van der Waals surface area contributed by atoms with E-state index < -0.39 is 0 Å². The lowest BCUT2D eigenvalue weighted by Gasteiger charge is -2.39. The van der Waals surface area contributed by atoms with Gasteiger partial charge in [0.2, 0.25) is 0 Å². The van der Waals surface area contributed by atoms with Crippen LogP contribution in [0.15, 0.2) is 30.3 Å². The fourth-order valence-corrected chi connectivity index (χ4v) is 2.91. The fraction of sp³-hybridized carbons (Fsp3) is 0.562. The van der Waals surface area contributed by atoms with E-state index in [4.69, 9.17) is 9.47 Å². The van der Waals surface area contributed by atoms with Crippen LogP contribution < -0.4 is 5.32 Å². The van der Waals surface area contributed by atoms with Gasteiger partial charge in [-0.1, -0.05) is 30.3 Å². The lowest BCUT2D eigenvalue weighted by atomic mass is 10.1. The number of carbonyl (C=O) groups is 1. The normalized spacial score (nSPS) is 30.1. The molecular formula is C16H22N2O3. The molecule has 2 saturated heterocycles. The molecule has 3 rings (SSSR count). The highest BCUT2D eigenvalue weighted by molar-refractivity contribution is 5.81. The third-order valence-corrected chi connectivity index (χ3v) is 3.95. The number of nitrogens with zero attached hydrogens (tertiary/aromatic N) is 1. The Labute approximate surface area is 125 Å². The number of hydrogen-bond acceptors (Lipinski definition) is 4. The van der Waals surface area contributed by atoms with Gasteiger partial charge in [0.1, 0.15) is 12.2 Å². The molecule has 0 saturated carbocycles. The zero-order valence-corrected chi connectivity index (χ0v) is 12.3. The van der Waals surface area contributed by atoms with Crippen LogP contribution in [0.3, 0.4) is 0 Å². The molecule has 1 aromatic carbocycles. The van der Waals surface area contributed by atoms with Crippen LogP contribution in [0, 0.1) is 0 Å². The van der Waals surface area contributed by atoms with Crippen molar-refractivity contribution in [1.29, 1.82) is 0 Å². The minimum Gasteiger partial charge on any atom is -0.367 e. The molecule has 0 bridgehead atoms. The van der Waals surface area contributed by atoms with Gasteiger partial charge in [-0.15, -0.1) is 0 Å². The topological polar surface area (TPSA) is 50.8 Å². The number of carbonyl (C=O) groups excluding carboxylic acids is 1. The Morgan fingerprint density at radius 1 is 1.29 bits per heavy atom. The Morgan fingerprint density at radius 3 is 2.81 bits per heavy atom. The molecule has 114 valence electrons. The Hall–Kier alpha value is -1.43. The Bertz CT molecular complexity index is 474. The highest BCUT2D eigenvalue weighted by Gasteiger charge is 2.33. The molecule has 1 aromatic rings. The van der Waals surface area contributed by atoms with Crippen LogP contribution in [-0.2, 0) is 14.3 Å². The number of amides is 1. The van der Waals surface area contributed by atoms with Gasteiger partial charge in [-0.3, -0.25) is 4.79 Å².